The highest BCUT2D eigenvalue weighted by Gasteiger charge is 2.17. The molecule has 2 amide bonds. The fourth-order valence-electron chi connectivity index (χ4n) is 2.21. The molecule has 3 rings (SSSR count). The number of carbonyl (C=O) groups excluding carboxylic acids is 2. The number of aliphatic hydroxyl groups is 1. The molecule has 2 aromatic rings. The molecule has 6 N–H and O–H groups in total. The van der Waals surface area contributed by atoms with Crippen LogP contribution < -0.4 is 16.8 Å². The number of pyridine rings is 2. The summed E-state index contributed by atoms with van der Waals surface area (Å²) >= 11 is 0. The average molecular weight is 429 g/mol. The summed E-state index contributed by atoms with van der Waals surface area (Å²) in [6.45, 7) is 4.27. The lowest BCUT2D eigenvalue weighted by molar-refractivity contribution is -0.122. The molecule has 168 valence electrons. The number of aromatic nitrogens is 2. The van der Waals surface area contributed by atoms with E-state index in [1.807, 2.05) is 6.07 Å². The Morgan fingerprint density at radius 2 is 1.61 bits per heavy atom. The number of primary amides is 2. The van der Waals surface area contributed by atoms with E-state index in [1.165, 1.54) is 12.4 Å². The van der Waals surface area contributed by atoms with E-state index >= 15 is 0 Å². The number of carbonyl (C=O) groups is 2. The van der Waals surface area contributed by atoms with E-state index in [2.05, 4.69) is 22.2 Å². The van der Waals surface area contributed by atoms with Crippen LogP contribution in [0, 0.1) is 17.2 Å². The standard InChI is InChI=1S/C6H12N2O.C6H6N2O.C6H4N2.C4H10O/c2*7-6(9)5-1-3-8-4-2-5;7-5-6-1-3-8-4-2-6;1-2-3-4-5/h5,8H,1-4H2,(H2,7,9);1-4H,(H2,7,9);1-4H;5H,2-4H2,1H3. The van der Waals surface area contributed by atoms with Crippen LogP contribution in [-0.4, -0.2) is 46.6 Å². The van der Waals surface area contributed by atoms with Crippen molar-refractivity contribution in [3.63, 3.8) is 0 Å². The summed E-state index contributed by atoms with van der Waals surface area (Å²) in [6.07, 6.45) is 10.1. The van der Waals surface area contributed by atoms with Crippen LogP contribution in [-0.2, 0) is 4.79 Å². The van der Waals surface area contributed by atoms with Crippen LogP contribution in [0.15, 0.2) is 49.1 Å². The molecule has 0 unspecified atom stereocenters. The van der Waals surface area contributed by atoms with Crippen LogP contribution >= 0.6 is 0 Å². The number of aliphatic hydroxyl groups excluding tert-OH is 1. The second-order valence-electron chi connectivity index (χ2n) is 6.45. The molecule has 0 atom stereocenters. The predicted molar refractivity (Wildman–Crippen MR) is 118 cm³/mol. The molecule has 31 heavy (non-hydrogen) atoms. The first-order valence-corrected chi connectivity index (χ1v) is 10.1. The first-order valence-electron chi connectivity index (χ1n) is 10.1. The van der Waals surface area contributed by atoms with E-state index in [0.717, 1.165) is 38.8 Å². The lowest BCUT2D eigenvalue weighted by Gasteiger charge is -2.18. The molecular formula is C22H32N6O3. The van der Waals surface area contributed by atoms with Crippen LogP contribution in [0.2, 0.25) is 0 Å². The smallest absolute Gasteiger partial charge is 0.248 e. The Morgan fingerprint density at radius 1 is 1.10 bits per heavy atom. The number of nitrogens with one attached hydrogen (secondary N) is 1. The van der Waals surface area contributed by atoms with Crippen molar-refractivity contribution >= 4 is 11.8 Å². The van der Waals surface area contributed by atoms with Gasteiger partial charge in [0.05, 0.1) is 11.6 Å². The number of hydrogen-bond donors (Lipinski definition) is 4. The zero-order valence-electron chi connectivity index (χ0n) is 17.9. The van der Waals surface area contributed by atoms with Crippen LogP contribution in [0.3, 0.4) is 0 Å². The highest BCUT2D eigenvalue weighted by molar-refractivity contribution is 5.92. The first-order chi connectivity index (χ1) is 15.0. The lowest BCUT2D eigenvalue weighted by Crippen LogP contribution is -2.34. The van der Waals surface area contributed by atoms with Crippen molar-refractivity contribution in [3.05, 3.63) is 60.2 Å². The second-order valence-corrected chi connectivity index (χ2v) is 6.45. The molecule has 2 aromatic heterocycles. The third-order valence-corrected chi connectivity index (χ3v) is 4.03. The Labute approximate surface area is 183 Å². The molecular weight excluding hydrogens is 396 g/mol. The quantitative estimate of drug-likeness (QED) is 0.570. The molecule has 0 radical (unpaired) electrons. The summed E-state index contributed by atoms with van der Waals surface area (Å²) < 4.78 is 0. The van der Waals surface area contributed by atoms with Gasteiger partial charge in [-0.2, -0.15) is 5.26 Å². The van der Waals surface area contributed by atoms with Crippen molar-refractivity contribution in [2.45, 2.75) is 32.6 Å². The average Bonchev–Trinajstić information content (AvgIpc) is 2.82. The number of nitrogens with zero attached hydrogens (tertiary/aromatic N) is 3. The van der Waals surface area contributed by atoms with Crippen molar-refractivity contribution < 1.29 is 14.7 Å². The highest BCUT2D eigenvalue weighted by Crippen LogP contribution is 2.09. The van der Waals surface area contributed by atoms with Crippen molar-refractivity contribution in [1.82, 2.24) is 15.3 Å². The minimum Gasteiger partial charge on any atom is -0.396 e. The fourth-order valence-corrected chi connectivity index (χ4v) is 2.21. The Balaban J connectivity index is 0.000000396. The van der Waals surface area contributed by atoms with Crippen molar-refractivity contribution in [2.75, 3.05) is 19.7 Å². The lowest BCUT2D eigenvalue weighted by atomic mass is 9.98. The molecule has 9 nitrogen and oxygen atoms in total. The largest absolute Gasteiger partial charge is 0.396 e. The minimum atomic E-state index is -0.419. The number of piperidine rings is 1. The molecule has 3 heterocycles. The van der Waals surface area contributed by atoms with E-state index in [0.29, 0.717) is 17.7 Å². The van der Waals surface area contributed by atoms with E-state index in [-0.39, 0.29) is 11.8 Å². The molecule has 1 aliphatic rings. The Bertz CT molecular complexity index is 758. The molecule has 0 saturated carbocycles. The van der Waals surface area contributed by atoms with Gasteiger partial charge in [0, 0.05) is 42.9 Å². The Kier molecular flexibility index (Phi) is 16.6. The summed E-state index contributed by atoms with van der Waals surface area (Å²) in [5, 5.41) is 19.5. The van der Waals surface area contributed by atoms with Crippen LogP contribution in [0.1, 0.15) is 48.5 Å². The molecule has 1 saturated heterocycles. The highest BCUT2D eigenvalue weighted by atomic mass is 16.2. The molecule has 1 fully saturated rings. The van der Waals surface area contributed by atoms with Gasteiger partial charge in [0.15, 0.2) is 0 Å². The van der Waals surface area contributed by atoms with Crippen LogP contribution in [0.5, 0.6) is 0 Å². The SMILES string of the molecule is CCCCO.N#Cc1ccncc1.NC(=O)C1CCNCC1.NC(=O)c1ccncc1. The maximum Gasteiger partial charge on any atom is 0.248 e. The van der Waals surface area contributed by atoms with Gasteiger partial charge in [-0.05, 0) is 56.6 Å². The summed E-state index contributed by atoms with van der Waals surface area (Å²) in [5.41, 5.74) is 11.2. The number of nitriles is 1. The minimum absolute atomic E-state index is 0.131. The van der Waals surface area contributed by atoms with Gasteiger partial charge in [-0.3, -0.25) is 19.6 Å². The molecule has 0 bridgehead atoms. The van der Waals surface area contributed by atoms with Crippen molar-refractivity contribution in [2.24, 2.45) is 17.4 Å². The van der Waals surface area contributed by atoms with Crippen LogP contribution in [0.25, 0.3) is 0 Å². The fraction of sp³-hybridized carbons (Fsp3) is 0.409. The Hall–Kier alpha value is -3.35. The number of rotatable bonds is 4. The summed E-state index contributed by atoms with van der Waals surface area (Å²) in [5.74, 6) is -0.430. The van der Waals surface area contributed by atoms with Gasteiger partial charge < -0.3 is 21.9 Å². The first kappa shape index (κ1) is 27.6. The number of nitrogens with two attached hydrogens (primary N) is 2. The number of hydrogen-bond acceptors (Lipinski definition) is 7. The third kappa shape index (κ3) is 15.2. The molecule has 0 spiro atoms. The predicted octanol–water partition coefficient (Wildman–Crippen LogP) is 1.38. The van der Waals surface area contributed by atoms with Gasteiger partial charge in [-0.1, -0.05) is 13.3 Å². The molecule has 0 aliphatic carbocycles. The number of amides is 2. The van der Waals surface area contributed by atoms with Crippen LogP contribution in [0.4, 0.5) is 0 Å². The molecule has 0 aromatic carbocycles. The van der Waals surface area contributed by atoms with Gasteiger partial charge >= 0.3 is 0 Å². The van der Waals surface area contributed by atoms with E-state index in [4.69, 9.17) is 21.8 Å². The van der Waals surface area contributed by atoms with Crippen molar-refractivity contribution in [3.8, 4) is 6.07 Å². The zero-order valence-corrected chi connectivity index (χ0v) is 17.9. The zero-order chi connectivity index (χ0) is 23.3. The normalized spacial score (nSPS) is 12.3. The van der Waals surface area contributed by atoms with E-state index in [9.17, 15) is 9.59 Å². The van der Waals surface area contributed by atoms with E-state index < -0.39 is 5.91 Å². The van der Waals surface area contributed by atoms with E-state index in [1.54, 1.807) is 36.7 Å². The Morgan fingerprint density at radius 3 is 1.87 bits per heavy atom. The maximum absolute atomic E-state index is 10.5. The summed E-state index contributed by atoms with van der Waals surface area (Å²) in [7, 11) is 0. The summed E-state index contributed by atoms with van der Waals surface area (Å²) in [4.78, 5) is 28.4. The second kappa shape index (κ2) is 18.7. The monoisotopic (exact) mass is 428 g/mol. The van der Waals surface area contributed by atoms with Gasteiger partial charge in [-0.15, -0.1) is 0 Å². The maximum atomic E-state index is 10.5. The van der Waals surface area contributed by atoms with Gasteiger partial charge in [0.1, 0.15) is 0 Å². The van der Waals surface area contributed by atoms with Crippen molar-refractivity contribution in [1.29, 1.82) is 5.26 Å². The van der Waals surface area contributed by atoms with Gasteiger partial charge in [-0.25, -0.2) is 0 Å². The van der Waals surface area contributed by atoms with Gasteiger partial charge in [0.2, 0.25) is 11.8 Å². The topological polar surface area (TPSA) is 168 Å². The van der Waals surface area contributed by atoms with Gasteiger partial charge in [0.25, 0.3) is 0 Å². The summed E-state index contributed by atoms with van der Waals surface area (Å²) in [6, 6.07) is 8.46. The third-order valence-electron chi connectivity index (χ3n) is 4.03. The molecule has 9 heteroatoms. The number of unbranched alkanes of at least 4 members (excludes halogenated alkanes) is 1. The molecule has 1 aliphatic heterocycles.